The van der Waals surface area contributed by atoms with Crippen LogP contribution in [0.25, 0.3) is 22.3 Å². The monoisotopic (exact) mass is 557 g/mol. The fraction of sp³-hybridized carbons (Fsp3) is 0.429. The van der Waals surface area contributed by atoms with Gasteiger partial charge in [-0.15, -0.1) is 0 Å². The Labute approximate surface area is 244 Å². The molecule has 1 aliphatic rings. The first-order valence-electron chi connectivity index (χ1n) is 14.6. The molecule has 0 aliphatic heterocycles. The van der Waals surface area contributed by atoms with Crippen molar-refractivity contribution in [1.82, 2.24) is 4.90 Å². The van der Waals surface area contributed by atoms with Crippen molar-refractivity contribution >= 4 is 12.1 Å². The number of amides is 1. The molecule has 0 aromatic heterocycles. The molecule has 0 heterocycles. The van der Waals surface area contributed by atoms with Crippen molar-refractivity contribution in [2.75, 3.05) is 19.7 Å². The molecule has 0 radical (unpaired) electrons. The molecule has 6 nitrogen and oxygen atoms in total. The highest BCUT2D eigenvalue weighted by Gasteiger charge is 2.37. The number of ether oxygens (including phenoxy) is 2. The number of hydrogen-bond acceptors (Lipinski definition) is 4. The highest BCUT2D eigenvalue weighted by molar-refractivity contribution is 5.79. The van der Waals surface area contributed by atoms with Crippen molar-refractivity contribution < 1.29 is 24.2 Å². The van der Waals surface area contributed by atoms with Crippen molar-refractivity contribution in [1.29, 1.82) is 0 Å². The molecule has 6 heteroatoms. The van der Waals surface area contributed by atoms with Gasteiger partial charge in [-0.1, -0.05) is 64.1 Å². The number of rotatable bonds is 10. The summed E-state index contributed by atoms with van der Waals surface area (Å²) >= 11 is 0. The van der Waals surface area contributed by atoms with Crippen molar-refractivity contribution in [2.45, 2.75) is 78.1 Å². The molecule has 3 aromatic carbocycles. The van der Waals surface area contributed by atoms with E-state index in [9.17, 15) is 9.59 Å². The Balaban J connectivity index is 1.66. The Kier molecular flexibility index (Phi) is 9.11. The van der Waals surface area contributed by atoms with E-state index in [1.165, 1.54) is 11.1 Å². The number of fused-ring (bicyclic) bond motifs is 1. The van der Waals surface area contributed by atoms with Gasteiger partial charge in [-0.2, -0.15) is 0 Å². The lowest BCUT2D eigenvalue weighted by Gasteiger charge is -2.42. The minimum atomic E-state index is -1.33. The Hall–Kier alpha value is -3.80. The molecule has 218 valence electrons. The minimum absolute atomic E-state index is 0.0847. The van der Waals surface area contributed by atoms with Crippen LogP contribution in [0.4, 0.5) is 4.79 Å². The first-order valence-corrected chi connectivity index (χ1v) is 14.6. The van der Waals surface area contributed by atoms with Gasteiger partial charge in [0.25, 0.3) is 0 Å². The molecule has 1 N–H and O–H groups in total. The molecule has 1 aliphatic carbocycles. The van der Waals surface area contributed by atoms with Crippen molar-refractivity contribution in [3.8, 4) is 33.8 Å². The minimum Gasteiger partial charge on any atom is -0.493 e. The summed E-state index contributed by atoms with van der Waals surface area (Å²) in [5.74, 6) is 1.21. The molecule has 41 heavy (non-hydrogen) atoms. The standard InChI is InChI=1S/C35H43NO5/c1-7-36(24(2)37)20-8-9-21-40-32-17-13-26(25-10-14-28(15-11-25)41-33(38)39)22-29(32)27-12-16-30-31(23-27)35(5,6)19-18-34(30,3)4/h10-17,22-23H,7-9,18-21H2,1-6H3,(H,38,39). The van der Waals surface area contributed by atoms with Crippen LogP contribution in [0.1, 0.15) is 78.4 Å². The van der Waals surface area contributed by atoms with E-state index in [-0.39, 0.29) is 22.5 Å². The van der Waals surface area contributed by atoms with Gasteiger partial charge in [0.1, 0.15) is 11.5 Å². The lowest BCUT2D eigenvalue weighted by atomic mass is 9.63. The second kappa shape index (κ2) is 12.4. The largest absolute Gasteiger partial charge is 0.511 e. The van der Waals surface area contributed by atoms with E-state index in [1.54, 1.807) is 19.1 Å². The van der Waals surface area contributed by atoms with Gasteiger partial charge in [0.05, 0.1) is 6.61 Å². The smallest absolute Gasteiger partial charge is 0.493 e. The molecule has 0 bridgehead atoms. The lowest BCUT2D eigenvalue weighted by molar-refractivity contribution is -0.128. The predicted octanol–water partition coefficient (Wildman–Crippen LogP) is 8.45. The molecule has 0 spiro atoms. The van der Waals surface area contributed by atoms with Gasteiger partial charge in [0.15, 0.2) is 0 Å². The highest BCUT2D eigenvalue weighted by Crippen LogP contribution is 2.47. The molecular weight excluding hydrogens is 514 g/mol. The summed E-state index contributed by atoms with van der Waals surface area (Å²) in [6.45, 7) is 15.0. The summed E-state index contributed by atoms with van der Waals surface area (Å²) in [7, 11) is 0. The normalized spacial score (nSPS) is 15.1. The van der Waals surface area contributed by atoms with E-state index in [0.717, 1.165) is 66.8 Å². The van der Waals surface area contributed by atoms with Crippen LogP contribution in [-0.4, -0.2) is 41.8 Å². The third kappa shape index (κ3) is 7.10. The Morgan fingerprint density at radius 3 is 2.10 bits per heavy atom. The first-order chi connectivity index (χ1) is 19.4. The third-order valence-corrected chi connectivity index (χ3v) is 8.44. The average Bonchev–Trinajstić information content (AvgIpc) is 2.93. The van der Waals surface area contributed by atoms with Crippen LogP contribution in [0.15, 0.2) is 60.7 Å². The first kappa shape index (κ1) is 30.2. The molecular formula is C35H43NO5. The number of carbonyl (C=O) groups excluding carboxylic acids is 1. The fourth-order valence-corrected chi connectivity index (χ4v) is 5.76. The average molecular weight is 558 g/mol. The molecule has 1 amide bonds. The van der Waals surface area contributed by atoms with E-state index in [1.807, 2.05) is 36.1 Å². The quantitative estimate of drug-likeness (QED) is 0.154. The Bertz CT molecular complexity index is 1390. The molecule has 0 saturated carbocycles. The molecule has 0 saturated heterocycles. The number of nitrogens with zero attached hydrogens (tertiary/aromatic N) is 1. The van der Waals surface area contributed by atoms with Crippen LogP contribution >= 0.6 is 0 Å². The number of hydrogen-bond donors (Lipinski definition) is 1. The highest BCUT2D eigenvalue weighted by atomic mass is 16.7. The van der Waals surface area contributed by atoms with Crippen LogP contribution in [0.5, 0.6) is 11.5 Å². The molecule has 3 aromatic rings. The van der Waals surface area contributed by atoms with Crippen molar-refractivity contribution in [3.63, 3.8) is 0 Å². The molecule has 0 fully saturated rings. The lowest BCUT2D eigenvalue weighted by Crippen LogP contribution is -2.33. The molecule has 4 rings (SSSR count). The number of benzene rings is 3. The van der Waals surface area contributed by atoms with E-state index < -0.39 is 6.16 Å². The van der Waals surface area contributed by atoms with Crippen LogP contribution in [0.3, 0.4) is 0 Å². The van der Waals surface area contributed by atoms with Gasteiger partial charge in [-0.3, -0.25) is 4.79 Å². The summed E-state index contributed by atoms with van der Waals surface area (Å²) in [6.07, 6.45) is 2.70. The number of carboxylic acid groups (broad SMARTS) is 1. The van der Waals surface area contributed by atoms with Gasteiger partial charge in [-0.25, -0.2) is 4.79 Å². The van der Waals surface area contributed by atoms with Gasteiger partial charge in [-0.05, 0) is 95.5 Å². The number of unbranched alkanes of at least 4 members (excludes halogenated alkanes) is 1. The van der Waals surface area contributed by atoms with E-state index >= 15 is 0 Å². The van der Waals surface area contributed by atoms with Crippen molar-refractivity contribution in [2.24, 2.45) is 0 Å². The van der Waals surface area contributed by atoms with Crippen LogP contribution < -0.4 is 9.47 Å². The summed E-state index contributed by atoms with van der Waals surface area (Å²) in [6, 6.07) is 20.1. The maximum atomic E-state index is 11.7. The van der Waals surface area contributed by atoms with E-state index in [0.29, 0.717) is 6.61 Å². The van der Waals surface area contributed by atoms with Gasteiger partial charge < -0.3 is 19.5 Å². The Morgan fingerprint density at radius 2 is 1.46 bits per heavy atom. The van der Waals surface area contributed by atoms with E-state index in [4.69, 9.17) is 14.6 Å². The van der Waals surface area contributed by atoms with Crippen LogP contribution in [-0.2, 0) is 15.6 Å². The zero-order chi connectivity index (χ0) is 29.8. The number of carbonyl (C=O) groups is 2. The summed E-state index contributed by atoms with van der Waals surface area (Å²) < 4.78 is 11.1. The maximum Gasteiger partial charge on any atom is 0.511 e. The second-order valence-corrected chi connectivity index (χ2v) is 12.3. The topological polar surface area (TPSA) is 76.1 Å². The van der Waals surface area contributed by atoms with E-state index in [2.05, 4.69) is 52.0 Å². The summed E-state index contributed by atoms with van der Waals surface area (Å²) in [4.78, 5) is 24.5. The molecule has 0 atom stereocenters. The maximum absolute atomic E-state index is 11.7. The van der Waals surface area contributed by atoms with Crippen LogP contribution in [0.2, 0.25) is 0 Å². The van der Waals surface area contributed by atoms with Gasteiger partial charge in [0, 0.05) is 25.6 Å². The second-order valence-electron chi connectivity index (χ2n) is 12.3. The summed E-state index contributed by atoms with van der Waals surface area (Å²) in [5, 5.41) is 8.91. The molecule has 0 unspecified atom stereocenters. The zero-order valence-corrected chi connectivity index (χ0v) is 25.3. The fourth-order valence-electron chi connectivity index (χ4n) is 5.76. The van der Waals surface area contributed by atoms with Gasteiger partial charge in [0.2, 0.25) is 5.91 Å². The van der Waals surface area contributed by atoms with Gasteiger partial charge >= 0.3 is 6.16 Å². The third-order valence-electron chi connectivity index (χ3n) is 8.44. The SMILES string of the molecule is CCN(CCCCOc1ccc(-c2ccc(OC(=O)O)cc2)cc1-c1ccc2c(c1)C(C)(C)CCC2(C)C)C(C)=O. The predicted molar refractivity (Wildman–Crippen MR) is 164 cm³/mol. The van der Waals surface area contributed by atoms with Crippen molar-refractivity contribution in [3.05, 3.63) is 71.8 Å². The van der Waals surface area contributed by atoms with Crippen LogP contribution in [0, 0.1) is 0 Å². The Morgan fingerprint density at radius 1 is 0.829 bits per heavy atom. The summed E-state index contributed by atoms with van der Waals surface area (Å²) in [5.41, 5.74) is 7.13. The zero-order valence-electron chi connectivity index (χ0n) is 25.3.